The Morgan fingerprint density at radius 2 is 2.11 bits per heavy atom. The minimum atomic E-state index is -0.460. The highest BCUT2D eigenvalue weighted by molar-refractivity contribution is 6.31. The molecule has 18 heavy (non-hydrogen) atoms. The Bertz CT molecular complexity index is 396. The number of nitrogens with zero attached hydrogens (tertiary/aromatic N) is 1. The van der Waals surface area contributed by atoms with E-state index in [0.717, 1.165) is 36.9 Å². The summed E-state index contributed by atoms with van der Waals surface area (Å²) in [5.74, 6) is 1.76. The van der Waals surface area contributed by atoms with Crippen molar-refractivity contribution in [2.45, 2.75) is 25.9 Å². The lowest BCUT2D eigenvalue weighted by Crippen LogP contribution is -2.24. The topological polar surface area (TPSA) is 23.5 Å². The van der Waals surface area contributed by atoms with Gasteiger partial charge in [-0.25, -0.2) is 0 Å². The Morgan fingerprint density at radius 3 is 2.72 bits per heavy atom. The van der Waals surface area contributed by atoms with Gasteiger partial charge < -0.3 is 10.0 Å². The Balaban J connectivity index is 1.77. The highest BCUT2D eigenvalue weighted by Gasteiger charge is 2.33. The second-order valence-corrected chi connectivity index (χ2v) is 5.97. The van der Waals surface area contributed by atoms with Crippen LogP contribution in [0.3, 0.4) is 0 Å². The average molecular weight is 268 g/mol. The first kappa shape index (κ1) is 13.9. The van der Waals surface area contributed by atoms with Crippen LogP contribution in [0.4, 0.5) is 0 Å². The molecule has 1 saturated carbocycles. The van der Waals surface area contributed by atoms with Crippen LogP contribution < -0.4 is 0 Å². The van der Waals surface area contributed by atoms with E-state index >= 15 is 0 Å². The summed E-state index contributed by atoms with van der Waals surface area (Å²) in [5, 5.41) is 10.8. The van der Waals surface area contributed by atoms with Gasteiger partial charge in [0.2, 0.25) is 0 Å². The molecule has 1 fully saturated rings. The molecular weight excluding hydrogens is 246 g/mol. The van der Waals surface area contributed by atoms with Gasteiger partial charge in [-0.3, -0.25) is 0 Å². The van der Waals surface area contributed by atoms with Crippen LogP contribution in [-0.4, -0.2) is 30.1 Å². The SMILES string of the molecule is CC1CC1CN(C)CCC(O)c1ccccc1Cl. The second kappa shape index (κ2) is 6.05. The van der Waals surface area contributed by atoms with Crippen LogP contribution in [0.15, 0.2) is 24.3 Å². The zero-order chi connectivity index (χ0) is 13.1. The molecule has 0 aromatic heterocycles. The molecule has 3 unspecified atom stereocenters. The third-order valence-corrected chi connectivity index (χ3v) is 4.22. The fourth-order valence-electron chi connectivity index (χ4n) is 2.39. The third-order valence-electron chi connectivity index (χ3n) is 3.87. The van der Waals surface area contributed by atoms with Crippen molar-refractivity contribution in [2.75, 3.05) is 20.1 Å². The molecule has 2 rings (SSSR count). The van der Waals surface area contributed by atoms with Gasteiger partial charge in [0.05, 0.1) is 6.10 Å². The molecule has 0 saturated heterocycles. The van der Waals surface area contributed by atoms with Crippen molar-refractivity contribution in [3.05, 3.63) is 34.9 Å². The molecule has 100 valence electrons. The summed E-state index contributed by atoms with van der Waals surface area (Å²) in [5.41, 5.74) is 0.840. The predicted molar refractivity (Wildman–Crippen MR) is 75.8 cm³/mol. The van der Waals surface area contributed by atoms with Crippen molar-refractivity contribution in [3.63, 3.8) is 0 Å². The number of rotatable bonds is 6. The molecule has 0 radical (unpaired) electrons. The molecule has 0 heterocycles. The number of hydrogen-bond acceptors (Lipinski definition) is 2. The van der Waals surface area contributed by atoms with Crippen LogP contribution in [0.1, 0.15) is 31.4 Å². The molecule has 0 spiro atoms. The minimum absolute atomic E-state index is 0.460. The summed E-state index contributed by atoms with van der Waals surface area (Å²) >= 11 is 6.07. The maximum Gasteiger partial charge on any atom is 0.0816 e. The number of halogens is 1. The zero-order valence-electron chi connectivity index (χ0n) is 11.1. The molecular formula is C15H22ClNO. The number of aliphatic hydroxyl groups is 1. The van der Waals surface area contributed by atoms with Crippen LogP contribution in [-0.2, 0) is 0 Å². The monoisotopic (exact) mass is 267 g/mol. The number of benzene rings is 1. The minimum Gasteiger partial charge on any atom is -0.388 e. The second-order valence-electron chi connectivity index (χ2n) is 5.56. The Labute approximate surface area is 115 Å². The highest BCUT2D eigenvalue weighted by atomic mass is 35.5. The van der Waals surface area contributed by atoms with Crippen molar-refractivity contribution in [2.24, 2.45) is 11.8 Å². The van der Waals surface area contributed by atoms with Crippen molar-refractivity contribution >= 4 is 11.6 Å². The van der Waals surface area contributed by atoms with E-state index in [0.29, 0.717) is 5.02 Å². The lowest BCUT2D eigenvalue weighted by Gasteiger charge is -2.19. The first-order valence-electron chi connectivity index (χ1n) is 6.69. The third kappa shape index (κ3) is 3.71. The first-order chi connectivity index (χ1) is 8.58. The molecule has 2 nitrogen and oxygen atoms in total. The predicted octanol–water partition coefficient (Wildman–Crippen LogP) is 3.35. The lowest BCUT2D eigenvalue weighted by molar-refractivity contribution is 0.147. The fourth-order valence-corrected chi connectivity index (χ4v) is 2.65. The molecule has 1 aromatic rings. The van der Waals surface area contributed by atoms with Crippen molar-refractivity contribution in [1.82, 2.24) is 4.90 Å². The van der Waals surface area contributed by atoms with Gasteiger partial charge in [-0.15, -0.1) is 0 Å². The maximum atomic E-state index is 10.1. The summed E-state index contributed by atoms with van der Waals surface area (Å²) in [6.45, 7) is 4.36. The molecule has 0 aliphatic heterocycles. The van der Waals surface area contributed by atoms with Gasteiger partial charge in [-0.05, 0) is 43.4 Å². The molecule has 1 aliphatic rings. The fraction of sp³-hybridized carbons (Fsp3) is 0.600. The van der Waals surface area contributed by atoms with E-state index in [4.69, 9.17) is 11.6 Å². The average Bonchev–Trinajstić information content (AvgIpc) is 3.02. The molecule has 3 heteroatoms. The summed E-state index contributed by atoms with van der Waals surface area (Å²) in [6.07, 6.45) is 1.64. The highest BCUT2D eigenvalue weighted by Crippen LogP contribution is 2.38. The van der Waals surface area contributed by atoms with Crippen LogP contribution >= 0.6 is 11.6 Å². The Morgan fingerprint density at radius 1 is 1.44 bits per heavy atom. The summed E-state index contributed by atoms with van der Waals surface area (Å²) in [4.78, 5) is 2.31. The quantitative estimate of drug-likeness (QED) is 0.854. The van der Waals surface area contributed by atoms with Crippen LogP contribution in [0, 0.1) is 11.8 Å². The van der Waals surface area contributed by atoms with Gasteiger partial charge in [-0.1, -0.05) is 36.7 Å². The van der Waals surface area contributed by atoms with E-state index in [1.165, 1.54) is 6.42 Å². The Kier molecular flexibility index (Phi) is 4.66. The summed E-state index contributed by atoms with van der Waals surface area (Å²) in [7, 11) is 2.13. The van der Waals surface area contributed by atoms with Crippen molar-refractivity contribution in [1.29, 1.82) is 0 Å². The Hall–Kier alpha value is -0.570. The van der Waals surface area contributed by atoms with Crippen molar-refractivity contribution < 1.29 is 5.11 Å². The molecule has 1 aromatic carbocycles. The van der Waals surface area contributed by atoms with E-state index in [9.17, 15) is 5.11 Å². The summed E-state index contributed by atoms with van der Waals surface area (Å²) < 4.78 is 0. The van der Waals surface area contributed by atoms with Crippen LogP contribution in [0.5, 0.6) is 0 Å². The molecule has 1 aliphatic carbocycles. The van der Waals surface area contributed by atoms with Gasteiger partial charge in [-0.2, -0.15) is 0 Å². The van der Waals surface area contributed by atoms with E-state index in [1.54, 1.807) is 0 Å². The lowest BCUT2D eigenvalue weighted by atomic mass is 10.1. The molecule has 0 bridgehead atoms. The number of hydrogen-bond donors (Lipinski definition) is 1. The van der Waals surface area contributed by atoms with E-state index < -0.39 is 6.10 Å². The molecule has 1 N–H and O–H groups in total. The molecule has 0 amide bonds. The standard InChI is InChI=1S/C15H22ClNO/c1-11-9-12(11)10-17(2)8-7-15(18)13-5-3-4-6-14(13)16/h3-6,11-12,15,18H,7-10H2,1-2H3. The van der Waals surface area contributed by atoms with E-state index in [2.05, 4.69) is 18.9 Å². The molecule has 3 atom stereocenters. The number of aliphatic hydroxyl groups excluding tert-OH is 1. The van der Waals surface area contributed by atoms with Gasteiger partial charge in [0.15, 0.2) is 0 Å². The van der Waals surface area contributed by atoms with Gasteiger partial charge >= 0.3 is 0 Å². The van der Waals surface area contributed by atoms with Crippen LogP contribution in [0.25, 0.3) is 0 Å². The van der Waals surface area contributed by atoms with Gasteiger partial charge in [0, 0.05) is 18.1 Å². The zero-order valence-corrected chi connectivity index (χ0v) is 11.9. The van der Waals surface area contributed by atoms with Gasteiger partial charge in [0.25, 0.3) is 0 Å². The largest absolute Gasteiger partial charge is 0.388 e. The first-order valence-corrected chi connectivity index (χ1v) is 7.06. The smallest absolute Gasteiger partial charge is 0.0816 e. The summed E-state index contributed by atoms with van der Waals surface area (Å²) in [6, 6.07) is 7.53. The van der Waals surface area contributed by atoms with E-state index in [1.807, 2.05) is 24.3 Å². The van der Waals surface area contributed by atoms with Gasteiger partial charge in [0.1, 0.15) is 0 Å². The normalized spacial score (nSPS) is 24.3. The maximum absolute atomic E-state index is 10.1. The van der Waals surface area contributed by atoms with Crippen LogP contribution in [0.2, 0.25) is 5.02 Å². The van der Waals surface area contributed by atoms with E-state index in [-0.39, 0.29) is 0 Å². The van der Waals surface area contributed by atoms with Crippen molar-refractivity contribution in [3.8, 4) is 0 Å².